The van der Waals surface area contributed by atoms with Gasteiger partial charge in [0.1, 0.15) is 6.23 Å². The van der Waals surface area contributed by atoms with E-state index in [0.29, 0.717) is 12.3 Å². The van der Waals surface area contributed by atoms with Gasteiger partial charge in [0.05, 0.1) is 12.2 Å². The van der Waals surface area contributed by atoms with Crippen molar-refractivity contribution in [1.82, 2.24) is 9.47 Å². The van der Waals surface area contributed by atoms with Gasteiger partial charge in [0.25, 0.3) is 0 Å². The fourth-order valence-corrected chi connectivity index (χ4v) is 3.35. The van der Waals surface area contributed by atoms with E-state index in [2.05, 4.69) is 17.0 Å². The number of nitrogens with zero attached hydrogens (tertiary/aromatic N) is 2. The molecular weight excluding hydrogens is 353 g/mol. The molecule has 1 saturated heterocycles. The molecule has 0 radical (unpaired) electrons. The van der Waals surface area contributed by atoms with E-state index in [1.54, 1.807) is 16.8 Å². The summed E-state index contributed by atoms with van der Waals surface area (Å²) in [6.07, 6.45) is -0.943. The van der Waals surface area contributed by atoms with Crippen LogP contribution in [-0.2, 0) is 17.5 Å². The number of hydrogen-bond acceptors (Lipinski definition) is 2. The zero-order chi connectivity index (χ0) is 18.9. The molecule has 1 fully saturated rings. The third kappa shape index (κ3) is 3.91. The van der Waals surface area contributed by atoms with E-state index < -0.39 is 11.7 Å². The first-order valence-electron chi connectivity index (χ1n) is 8.76. The van der Waals surface area contributed by atoms with Crippen molar-refractivity contribution in [1.29, 1.82) is 0 Å². The smallest absolute Gasteiger partial charge is 0.357 e. The van der Waals surface area contributed by atoms with Crippen LogP contribution in [-0.4, -0.2) is 22.6 Å². The molecule has 0 bridgehead atoms. The van der Waals surface area contributed by atoms with Crippen molar-refractivity contribution < 1.29 is 17.9 Å². The predicted molar refractivity (Wildman–Crippen MR) is 96.3 cm³/mol. The Bertz CT molecular complexity index is 905. The van der Waals surface area contributed by atoms with Crippen LogP contribution in [0.4, 0.5) is 13.2 Å². The predicted octanol–water partition coefficient (Wildman–Crippen LogP) is 5.03. The Morgan fingerprint density at radius 1 is 1.00 bits per heavy atom. The molecule has 3 aromatic rings. The Morgan fingerprint density at radius 2 is 1.81 bits per heavy atom. The standard InChI is InChI=1S/C21H19F3N2O/c22-21(23,24)18-7-4-8-19(13-18)25-10-9-17(15-25)20-26(11-12-27-20)14-16-5-2-1-3-6-16/h1-10,13,15,20H,11-12,14H2/t20-/m0/s1. The van der Waals surface area contributed by atoms with Crippen LogP contribution in [0.5, 0.6) is 0 Å². The van der Waals surface area contributed by atoms with Gasteiger partial charge < -0.3 is 9.30 Å². The number of alkyl halides is 3. The minimum atomic E-state index is -4.35. The molecule has 27 heavy (non-hydrogen) atoms. The molecule has 1 aliphatic rings. The van der Waals surface area contributed by atoms with Crippen molar-refractivity contribution in [2.24, 2.45) is 0 Å². The molecule has 6 heteroatoms. The van der Waals surface area contributed by atoms with E-state index in [-0.39, 0.29) is 6.23 Å². The number of benzene rings is 2. The summed E-state index contributed by atoms with van der Waals surface area (Å²) in [6.45, 7) is 2.21. The highest BCUT2D eigenvalue weighted by atomic mass is 19.4. The summed E-state index contributed by atoms with van der Waals surface area (Å²) in [5, 5.41) is 0. The summed E-state index contributed by atoms with van der Waals surface area (Å²) in [7, 11) is 0. The van der Waals surface area contributed by atoms with Crippen LogP contribution >= 0.6 is 0 Å². The van der Waals surface area contributed by atoms with E-state index in [1.165, 1.54) is 11.6 Å². The van der Waals surface area contributed by atoms with Crippen molar-refractivity contribution in [2.45, 2.75) is 18.9 Å². The first-order chi connectivity index (χ1) is 13.0. The fraction of sp³-hybridized carbons (Fsp3) is 0.238. The average Bonchev–Trinajstić information content (AvgIpc) is 3.31. The molecule has 4 rings (SSSR count). The normalized spacial score (nSPS) is 18.1. The average molecular weight is 372 g/mol. The summed E-state index contributed by atoms with van der Waals surface area (Å²) in [4.78, 5) is 2.22. The van der Waals surface area contributed by atoms with E-state index in [1.807, 2.05) is 30.5 Å². The van der Waals surface area contributed by atoms with E-state index in [9.17, 15) is 13.2 Å². The van der Waals surface area contributed by atoms with Crippen LogP contribution in [0.2, 0.25) is 0 Å². The molecule has 0 aliphatic carbocycles. The SMILES string of the molecule is FC(F)(F)c1cccc(-n2ccc([C@@H]3OCCN3Cc3ccccc3)c2)c1. The van der Waals surface area contributed by atoms with Gasteiger partial charge in [0.2, 0.25) is 0 Å². The molecular formula is C21H19F3N2O. The third-order valence-electron chi connectivity index (χ3n) is 4.69. The van der Waals surface area contributed by atoms with Gasteiger partial charge in [0, 0.05) is 36.7 Å². The van der Waals surface area contributed by atoms with Crippen molar-refractivity contribution in [2.75, 3.05) is 13.2 Å². The molecule has 0 spiro atoms. The van der Waals surface area contributed by atoms with Crippen LogP contribution in [0.15, 0.2) is 73.1 Å². The van der Waals surface area contributed by atoms with Crippen molar-refractivity contribution in [3.63, 3.8) is 0 Å². The van der Waals surface area contributed by atoms with Gasteiger partial charge in [-0.05, 0) is 29.8 Å². The molecule has 2 heterocycles. The van der Waals surface area contributed by atoms with Crippen LogP contribution in [0, 0.1) is 0 Å². The lowest BCUT2D eigenvalue weighted by atomic mass is 10.2. The highest BCUT2D eigenvalue weighted by Gasteiger charge is 2.31. The second-order valence-corrected chi connectivity index (χ2v) is 6.58. The Labute approximate surface area is 155 Å². The number of rotatable bonds is 4. The molecule has 0 N–H and O–H groups in total. The molecule has 1 aromatic heterocycles. The van der Waals surface area contributed by atoms with Gasteiger partial charge in [-0.25, -0.2) is 0 Å². The maximum Gasteiger partial charge on any atom is 0.416 e. The quantitative estimate of drug-likeness (QED) is 0.639. The van der Waals surface area contributed by atoms with Gasteiger partial charge in [-0.15, -0.1) is 0 Å². The minimum absolute atomic E-state index is 0.197. The highest BCUT2D eigenvalue weighted by Crippen LogP contribution is 2.32. The zero-order valence-electron chi connectivity index (χ0n) is 14.6. The van der Waals surface area contributed by atoms with Crippen molar-refractivity contribution >= 4 is 0 Å². The van der Waals surface area contributed by atoms with Crippen LogP contribution in [0.3, 0.4) is 0 Å². The molecule has 1 atom stereocenters. The zero-order valence-corrected chi connectivity index (χ0v) is 14.6. The summed E-state index contributed by atoms with van der Waals surface area (Å²) in [6, 6.07) is 17.4. The first kappa shape index (κ1) is 17.8. The molecule has 0 unspecified atom stereocenters. The summed E-state index contributed by atoms with van der Waals surface area (Å²) < 4.78 is 46.5. The lowest BCUT2D eigenvalue weighted by Crippen LogP contribution is -2.23. The Morgan fingerprint density at radius 3 is 2.59 bits per heavy atom. The molecule has 0 saturated carbocycles. The van der Waals surface area contributed by atoms with Gasteiger partial charge >= 0.3 is 6.18 Å². The molecule has 140 valence electrons. The lowest BCUT2D eigenvalue weighted by Gasteiger charge is -2.22. The largest absolute Gasteiger partial charge is 0.416 e. The maximum atomic E-state index is 13.0. The number of hydrogen-bond donors (Lipinski definition) is 0. The lowest BCUT2D eigenvalue weighted by molar-refractivity contribution is -0.137. The topological polar surface area (TPSA) is 17.4 Å². The number of halogens is 3. The van der Waals surface area contributed by atoms with Crippen molar-refractivity contribution in [3.8, 4) is 5.69 Å². The Kier molecular flexibility index (Phi) is 4.76. The second kappa shape index (κ2) is 7.21. The minimum Gasteiger partial charge on any atom is -0.357 e. The monoisotopic (exact) mass is 372 g/mol. The highest BCUT2D eigenvalue weighted by molar-refractivity contribution is 5.38. The molecule has 1 aliphatic heterocycles. The van der Waals surface area contributed by atoms with Crippen LogP contribution in [0.25, 0.3) is 5.69 Å². The van der Waals surface area contributed by atoms with Gasteiger partial charge in [0.15, 0.2) is 0 Å². The van der Waals surface area contributed by atoms with Crippen LogP contribution in [0.1, 0.15) is 22.9 Å². The second-order valence-electron chi connectivity index (χ2n) is 6.58. The summed E-state index contributed by atoms with van der Waals surface area (Å²) in [5.74, 6) is 0. The Balaban J connectivity index is 1.55. The summed E-state index contributed by atoms with van der Waals surface area (Å²) in [5.41, 5.74) is 1.95. The van der Waals surface area contributed by atoms with E-state index in [0.717, 1.165) is 30.8 Å². The Hall–Kier alpha value is -2.57. The van der Waals surface area contributed by atoms with Crippen LogP contribution < -0.4 is 0 Å². The van der Waals surface area contributed by atoms with Gasteiger partial charge in [-0.1, -0.05) is 36.4 Å². The number of aromatic nitrogens is 1. The maximum absolute atomic E-state index is 13.0. The van der Waals surface area contributed by atoms with E-state index >= 15 is 0 Å². The van der Waals surface area contributed by atoms with Gasteiger partial charge in [-0.3, -0.25) is 4.90 Å². The fourth-order valence-electron chi connectivity index (χ4n) is 3.35. The first-order valence-corrected chi connectivity index (χ1v) is 8.76. The van der Waals surface area contributed by atoms with E-state index in [4.69, 9.17) is 4.74 Å². The number of ether oxygens (including phenoxy) is 1. The molecule has 3 nitrogen and oxygen atoms in total. The third-order valence-corrected chi connectivity index (χ3v) is 4.69. The molecule has 0 amide bonds. The van der Waals surface area contributed by atoms with Gasteiger partial charge in [-0.2, -0.15) is 13.2 Å². The van der Waals surface area contributed by atoms with Crippen molar-refractivity contribution in [3.05, 3.63) is 89.7 Å². The molecule has 2 aromatic carbocycles. The summed E-state index contributed by atoms with van der Waals surface area (Å²) >= 11 is 0.